The molecule has 108 valence electrons. The summed E-state index contributed by atoms with van der Waals surface area (Å²) in [4.78, 5) is 7.09. The molecular weight excluding hydrogens is 276 g/mol. The summed E-state index contributed by atoms with van der Waals surface area (Å²) < 4.78 is 26.9. The van der Waals surface area contributed by atoms with Crippen LogP contribution >= 0.6 is 0 Å². The molecule has 1 heterocycles. The van der Waals surface area contributed by atoms with Crippen molar-refractivity contribution < 1.29 is 8.42 Å². The lowest BCUT2D eigenvalue weighted by Crippen LogP contribution is -2.24. The van der Waals surface area contributed by atoms with E-state index in [0.29, 0.717) is 12.4 Å². The zero-order valence-electron chi connectivity index (χ0n) is 11.3. The van der Waals surface area contributed by atoms with Crippen molar-refractivity contribution in [1.82, 2.24) is 20.0 Å². The predicted octanol–water partition coefficient (Wildman–Crippen LogP) is 0.998. The summed E-state index contributed by atoms with van der Waals surface area (Å²) in [6.07, 6.45) is 3.24. The number of hydrogen-bond donors (Lipinski definition) is 3. The molecule has 0 unspecified atom stereocenters. The lowest BCUT2D eigenvalue weighted by Gasteiger charge is -2.08. The van der Waals surface area contributed by atoms with E-state index in [-0.39, 0.29) is 11.4 Å². The summed E-state index contributed by atoms with van der Waals surface area (Å²) in [6.45, 7) is 3.64. The normalized spacial score (nSPS) is 11.7. The van der Waals surface area contributed by atoms with E-state index in [0.717, 1.165) is 12.1 Å². The highest BCUT2D eigenvalue weighted by Crippen LogP contribution is 2.11. The Morgan fingerprint density at radius 2 is 2.15 bits per heavy atom. The van der Waals surface area contributed by atoms with Crippen LogP contribution in [0.25, 0.3) is 0 Å². The molecule has 0 atom stereocenters. The molecule has 0 amide bonds. The van der Waals surface area contributed by atoms with E-state index in [1.165, 1.54) is 0 Å². The molecule has 20 heavy (non-hydrogen) atoms. The maximum Gasteiger partial charge on any atom is 0.240 e. The number of nitrogens with zero attached hydrogens (tertiary/aromatic N) is 1. The van der Waals surface area contributed by atoms with Gasteiger partial charge in [-0.2, -0.15) is 0 Å². The summed E-state index contributed by atoms with van der Waals surface area (Å²) in [5.41, 5.74) is 0.938. The summed E-state index contributed by atoms with van der Waals surface area (Å²) in [6, 6.07) is 6.90. The second-order valence-corrected chi connectivity index (χ2v) is 6.06. The summed E-state index contributed by atoms with van der Waals surface area (Å²) in [7, 11) is -3.52. The van der Waals surface area contributed by atoms with Gasteiger partial charge in [0, 0.05) is 18.9 Å². The van der Waals surface area contributed by atoms with Gasteiger partial charge in [0.2, 0.25) is 10.0 Å². The van der Waals surface area contributed by atoms with Crippen LogP contribution in [0.2, 0.25) is 0 Å². The Morgan fingerprint density at radius 1 is 1.30 bits per heavy atom. The van der Waals surface area contributed by atoms with Crippen molar-refractivity contribution in [2.75, 3.05) is 6.54 Å². The molecule has 1 aromatic heterocycles. The van der Waals surface area contributed by atoms with Crippen LogP contribution in [0.1, 0.15) is 18.3 Å². The highest BCUT2D eigenvalue weighted by Gasteiger charge is 2.14. The van der Waals surface area contributed by atoms with Crippen LogP contribution in [0, 0.1) is 0 Å². The topological polar surface area (TPSA) is 86.9 Å². The number of nitrogens with one attached hydrogen (secondary N) is 3. The van der Waals surface area contributed by atoms with Gasteiger partial charge in [0.1, 0.15) is 5.82 Å². The van der Waals surface area contributed by atoms with E-state index in [4.69, 9.17) is 0 Å². The van der Waals surface area contributed by atoms with Crippen molar-refractivity contribution in [2.24, 2.45) is 0 Å². The van der Waals surface area contributed by atoms with E-state index in [9.17, 15) is 8.42 Å². The van der Waals surface area contributed by atoms with Gasteiger partial charge < -0.3 is 10.3 Å². The average molecular weight is 294 g/mol. The first-order valence-electron chi connectivity index (χ1n) is 6.39. The van der Waals surface area contributed by atoms with E-state index >= 15 is 0 Å². The molecule has 0 aliphatic carbocycles. The zero-order chi connectivity index (χ0) is 14.4. The number of benzene rings is 1. The van der Waals surface area contributed by atoms with Gasteiger partial charge in [-0.3, -0.25) is 0 Å². The van der Waals surface area contributed by atoms with E-state index < -0.39 is 10.0 Å². The number of aromatic nitrogens is 2. The molecule has 7 heteroatoms. The van der Waals surface area contributed by atoms with Crippen LogP contribution in [0.5, 0.6) is 0 Å². The Balaban J connectivity index is 2.08. The van der Waals surface area contributed by atoms with Crippen molar-refractivity contribution in [1.29, 1.82) is 0 Å². The molecule has 0 aliphatic rings. The highest BCUT2D eigenvalue weighted by molar-refractivity contribution is 7.89. The van der Waals surface area contributed by atoms with Gasteiger partial charge >= 0.3 is 0 Å². The van der Waals surface area contributed by atoms with E-state index in [1.807, 2.05) is 13.0 Å². The van der Waals surface area contributed by atoms with Gasteiger partial charge in [-0.25, -0.2) is 18.1 Å². The van der Waals surface area contributed by atoms with Crippen LogP contribution in [0.3, 0.4) is 0 Å². The SMILES string of the molecule is CCNCc1cccc(S(=O)(=O)NCc2ncc[nH]2)c1. The Hall–Kier alpha value is -1.70. The van der Waals surface area contributed by atoms with Gasteiger partial charge in [0.05, 0.1) is 11.4 Å². The smallest absolute Gasteiger partial charge is 0.240 e. The third-order valence-electron chi connectivity index (χ3n) is 2.77. The maximum absolute atomic E-state index is 12.2. The van der Waals surface area contributed by atoms with Gasteiger partial charge in [-0.05, 0) is 24.2 Å². The molecule has 0 saturated heterocycles. The minimum absolute atomic E-state index is 0.146. The number of rotatable bonds is 7. The highest BCUT2D eigenvalue weighted by atomic mass is 32.2. The van der Waals surface area contributed by atoms with Crippen LogP contribution in [0.4, 0.5) is 0 Å². The molecule has 0 spiro atoms. The van der Waals surface area contributed by atoms with Crippen LogP contribution in [-0.4, -0.2) is 24.9 Å². The molecule has 0 radical (unpaired) electrons. The first-order chi connectivity index (χ1) is 9.62. The standard InChI is InChI=1S/C13H18N4O2S/c1-2-14-9-11-4-3-5-12(8-11)20(18,19)17-10-13-15-6-7-16-13/h3-8,14,17H,2,9-10H2,1H3,(H,15,16). The first kappa shape index (κ1) is 14.7. The van der Waals surface area contributed by atoms with Crippen molar-refractivity contribution in [3.8, 4) is 0 Å². The minimum Gasteiger partial charge on any atom is -0.347 e. The Labute approximate surface area is 118 Å². The number of sulfonamides is 1. The molecule has 2 aromatic rings. The van der Waals surface area contributed by atoms with E-state index in [2.05, 4.69) is 20.0 Å². The van der Waals surface area contributed by atoms with Crippen LogP contribution in [0.15, 0.2) is 41.6 Å². The predicted molar refractivity (Wildman–Crippen MR) is 76.4 cm³/mol. The van der Waals surface area contributed by atoms with Crippen LogP contribution in [-0.2, 0) is 23.1 Å². The first-order valence-corrected chi connectivity index (χ1v) is 7.87. The third-order valence-corrected chi connectivity index (χ3v) is 4.17. The molecule has 6 nitrogen and oxygen atoms in total. The summed E-state index contributed by atoms with van der Waals surface area (Å²) in [5, 5.41) is 3.17. The van der Waals surface area contributed by atoms with Crippen molar-refractivity contribution in [2.45, 2.75) is 24.9 Å². The van der Waals surface area contributed by atoms with Crippen molar-refractivity contribution in [3.05, 3.63) is 48.0 Å². The number of hydrogen-bond acceptors (Lipinski definition) is 4. The Morgan fingerprint density at radius 3 is 2.85 bits per heavy atom. The van der Waals surface area contributed by atoms with Gasteiger partial charge in [-0.1, -0.05) is 19.1 Å². The van der Waals surface area contributed by atoms with Gasteiger partial charge in [0.25, 0.3) is 0 Å². The monoisotopic (exact) mass is 294 g/mol. The Kier molecular flexibility index (Phi) is 4.89. The third kappa shape index (κ3) is 3.89. The maximum atomic E-state index is 12.2. The van der Waals surface area contributed by atoms with Crippen molar-refractivity contribution >= 4 is 10.0 Å². The van der Waals surface area contributed by atoms with Crippen molar-refractivity contribution in [3.63, 3.8) is 0 Å². The summed E-state index contributed by atoms with van der Waals surface area (Å²) >= 11 is 0. The zero-order valence-corrected chi connectivity index (χ0v) is 12.1. The number of imidazole rings is 1. The fraction of sp³-hybridized carbons (Fsp3) is 0.308. The molecule has 0 aliphatic heterocycles. The lowest BCUT2D eigenvalue weighted by atomic mass is 10.2. The van der Waals surface area contributed by atoms with Gasteiger partial charge in [0.15, 0.2) is 0 Å². The second kappa shape index (κ2) is 6.65. The van der Waals surface area contributed by atoms with E-state index in [1.54, 1.807) is 30.6 Å². The largest absolute Gasteiger partial charge is 0.347 e. The minimum atomic E-state index is -3.52. The van der Waals surface area contributed by atoms with Crippen LogP contribution < -0.4 is 10.0 Å². The quantitative estimate of drug-likeness (QED) is 0.711. The Bertz CT molecular complexity index is 638. The molecule has 0 fully saturated rings. The number of H-pyrrole nitrogens is 1. The average Bonchev–Trinajstić information content (AvgIpc) is 2.97. The molecule has 1 aromatic carbocycles. The molecule has 2 rings (SSSR count). The van der Waals surface area contributed by atoms with Gasteiger partial charge in [-0.15, -0.1) is 0 Å². The fourth-order valence-electron chi connectivity index (χ4n) is 1.73. The number of aromatic amines is 1. The molecule has 0 saturated carbocycles. The lowest BCUT2D eigenvalue weighted by molar-refractivity contribution is 0.579. The second-order valence-electron chi connectivity index (χ2n) is 4.29. The molecule has 3 N–H and O–H groups in total. The molecular formula is C13H18N4O2S. The molecule has 0 bridgehead atoms. The summed E-state index contributed by atoms with van der Waals surface area (Å²) in [5.74, 6) is 0.581. The fourth-order valence-corrected chi connectivity index (χ4v) is 2.79.